The first-order valence-electron chi connectivity index (χ1n) is 4.92. The van der Waals surface area contributed by atoms with Gasteiger partial charge in [0, 0.05) is 19.0 Å². The van der Waals surface area contributed by atoms with Crippen LogP contribution in [-0.4, -0.2) is 29.4 Å². The topological polar surface area (TPSA) is 52.5 Å². The summed E-state index contributed by atoms with van der Waals surface area (Å²) < 4.78 is 0. The number of hydrogen-bond donors (Lipinski definition) is 3. The van der Waals surface area contributed by atoms with Gasteiger partial charge < -0.3 is 15.5 Å². The molecule has 1 aliphatic rings. The van der Waals surface area contributed by atoms with E-state index in [-0.39, 0.29) is 11.9 Å². The summed E-state index contributed by atoms with van der Waals surface area (Å²) >= 11 is 0. The second-order valence-corrected chi connectivity index (χ2v) is 3.86. The van der Waals surface area contributed by atoms with E-state index in [1.54, 1.807) is 18.2 Å². The predicted octanol–water partition coefficient (Wildman–Crippen LogP) is 0.515. The summed E-state index contributed by atoms with van der Waals surface area (Å²) in [6, 6.07) is 7.07. The smallest absolute Gasteiger partial charge is 0.115 e. The first-order chi connectivity index (χ1) is 6.75. The molecule has 0 amide bonds. The molecule has 0 bridgehead atoms. The van der Waals surface area contributed by atoms with E-state index in [4.69, 9.17) is 0 Å². The number of phenolic OH excluding ortho intramolecular Hbond substituents is 1. The van der Waals surface area contributed by atoms with Gasteiger partial charge in [-0.05, 0) is 24.1 Å². The summed E-state index contributed by atoms with van der Waals surface area (Å²) in [6.07, 6.45) is 0.332. The van der Waals surface area contributed by atoms with Crippen LogP contribution in [0.3, 0.4) is 0 Å². The van der Waals surface area contributed by atoms with Gasteiger partial charge in [0.05, 0.1) is 6.10 Å². The molecular formula is C11H15NO2. The normalized spacial score (nSPS) is 18.9. The third kappa shape index (κ3) is 2.05. The monoisotopic (exact) mass is 193 g/mol. The lowest BCUT2D eigenvalue weighted by Gasteiger charge is -2.31. The van der Waals surface area contributed by atoms with Crippen LogP contribution in [0.4, 0.5) is 0 Å². The SMILES string of the molecule is Oc1cccc(CC(O)C2CNC2)c1. The van der Waals surface area contributed by atoms with Crippen molar-refractivity contribution in [1.29, 1.82) is 0 Å². The number of aliphatic hydroxyl groups excluding tert-OH is 1. The minimum absolute atomic E-state index is 0.265. The van der Waals surface area contributed by atoms with Crippen LogP contribution in [0, 0.1) is 5.92 Å². The van der Waals surface area contributed by atoms with E-state index in [9.17, 15) is 10.2 Å². The van der Waals surface area contributed by atoms with E-state index in [0.29, 0.717) is 12.3 Å². The lowest BCUT2D eigenvalue weighted by molar-refractivity contribution is 0.0772. The Labute approximate surface area is 83.4 Å². The van der Waals surface area contributed by atoms with Crippen molar-refractivity contribution >= 4 is 0 Å². The molecule has 0 saturated carbocycles. The second-order valence-electron chi connectivity index (χ2n) is 3.86. The number of phenols is 1. The maximum absolute atomic E-state index is 9.79. The summed E-state index contributed by atoms with van der Waals surface area (Å²) in [5, 5.41) is 22.2. The van der Waals surface area contributed by atoms with Gasteiger partial charge in [-0.2, -0.15) is 0 Å². The predicted molar refractivity (Wildman–Crippen MR) is 54.2 cm³/mol. The van der Waals surface area contributed by atoms with Crippen LogP contribution in [0.15, 0.2) is 24.3 Å². The standard InChI is InChI=1S/C11H15NO2/c13-10-3-1-2-8(4-10)5-11(14)9-6-12-7-9/h1-4,9,11-14H,5-7H2. The maximum Gasteiger partial charge on any atom is 0.115 e. The van der Waals surface area contributed by atoms with Gasteiger partial charge in [0.2, 0.25) is 0 Å². The van der Waals surface area contributed by atoms with Gasteiger partial charge in [-0.25, -0.2) is 0 Å². The van der Waals surface area contributed by atoms with Gasteiger partial charge in [-0.3, -0.25) is 0 Å². The zero-order chi connectivity index (χ0) is 9.97. The molecule has 2 rings (SSSR count). The molecule has 1 unspecified atom stereocenters. The highest BCUT2D eigenvalue weighted by atomic mass is 16.3. The quantitative estimate of drug-likeness (QED) is 0.656. The Kier molecular flexibility index (Phi) is 2.70. The fraction of sp³-hybridized carbons (Fsp3) is 0.455. The molecule has 76 valence electrons. The van der Waals surface area contributed by atoms with E-state index in [0.717, 1.165) is 18.7 Å². The van der Waals surface area contributed by atoms with E-state index >= 15 is 0 Å². The van der Waals surface area contributed by atoms with E-state index < -0.39 is 0 Å². The van der Waals surface area contributed by atoms with Crippen LogP contribution in [0.1, 0.15) is 5.56 Å². The molecule has 1 aliphatic heterocycles. The fourth-order valence-electron chi connectivity index (χ4n) is 1.67. The molecule has 0 radical (unpaired) electrons. The lowest BCUT2D eigenvalue weighted by atomic mass is 9.91. The zero-order valence-electron chi connectivity index (χ0n) is 7.98. The molecular weight excluding hydrogens is 178 g/mol. The molecule has 0 spiro atoms. The number of aromatic hydroxyl groups is 1. The Bertz CT molecular complexity index is 310. The lowest BCUT2D eigenvalue weighted by Crippen LogP contribution is -2.49. The van der Waals surface area contributed by atoms with Crippen molar-refractivity contribution in [3.8, 4) is 5.75 Å². The Morgan fingerprint density at radius 3 is 2.79 bits per heavy atom. The molecule has 14 heavy (non-hydrogen) atoms. The van der Waals surface area contributed by atoms with E-state index in [2.05, 4.69) is 5.32 Å². The van der Waals surface area contributed by atoms with Gasteiger partial charge in [0.1, 0.15) is 5.75 Å². The van der Waals surface area contributed by atoms with Crippen molar-refractivity contribution in [2.75, 3.05) is 13.1 Å². The minimum atomic E-state index is -0.293. The fourth-order valence-corrected chi connectivity index (χ4v) is 1.67. The Hall–Kier alpha value is -1.06. The molecule has 1 saturated heterocycles. The summed E-state index contributed by atoms with van der Waals surface area (Å²) in [4.78, 5) is 0. The highest BCUT2D eigenvalue weighted by Gasteiger charge is 2.25. The van der Waals surface area contributed by atoms with Crippen molar-refractivity contribution in [3.63, 3.8) is 0 Å². The van der Waals surface area contributed by atoms with Crippen molar-refractivity contribution in [2.45, 2.75) is 12.5 Å². The average molecular weight is 193 g/mol. The van der Waals surface area contributed by atoms with Crippen LogP contribution in [0.25, 0.3) is 0 Å². The van der Waals surface area contributed by atoms with Crippen LogP contribution in [-0.2, 0) is 6.42 Å². The first kappa shape index (κ1) is 9.49. The third-order valence-electron chi connectivity index (χ3n) is 2.71. The highest BCUT2D eigenvalue weighted by Crippen LogP contribution is 2.17. The Morgan fingerprint density at radius 1 is 1.43 bits per heavy atom. The summed E-state index contributed by atoms with van der Waals surface area (Å²) in [5.74, 6) is 0.638. The second kappa shape index (κ2) is 3.98. The van der Waals surface area contributed by atoms with E-state index in [1.165, 1.54) is 0 Å². The van der Waals surface area contributed by atoms with Gasteiger partial charge in [-0.15, -0.1) is 0 Å². The Balaban J connectivity index is 1.95. The van der Waals surface area contributed by atoms with Crippen molar-refractivity contribution in [3.05, 3.63) is 29.8 Å². The van der Waals surface area contributed by atoms with Gasteiger partial charge in [0.25, 0.3) is 0 Å². The molecule has 0 aromatic heterocycles. The summed E-state index contributed by atoms with van der Waals surface area (Å²) in [6.45, 7) is 1.81. The molecule has 3 nitrogen and oxygen atoms in total. The van der Waals surface area contributed by atoms with Crippen molar-refractivity contribution in [1.82, 2.24) is 5.32 Å². The molecule has 0 aliphatic carbocycles. The minimum Gasteiger partial charge on any atom is -0.508 e. The largest absolute Gasteiger partial charge is 0.508 e. The highest BCUT2D eigenvalue weighted by molar-refractivity contribution is 5.27. The molecule has 1 fully saturated rings. The number of benzene rings is 1. The molecule has 1 atom stereocenters. The molecule has 3 heteroatoms. The molecule has 1 aromatic carbocycles. The Morgan fingerprint density at radius 2 is 2.21 bits per heavy atom. The number of rotatable bonds is 3. The van der Waals surface area contributed by atoms with Gasteiger partial charge in [-0.1, -0.05) is 12.1 Å². The molecule has 1 aromatic rings. The van der Waals surface area contributed by atoms with Crippen molar-refractivity contribution < 1.29 is 10.2 Å². The average Bonchev–Trinajstić information content (AvgIpc) is 1.99. The molecule has 3 N–H and O–H groups in total. The van der Waals surface area contributed by atoms with Crippen molar-refractivity contribution in [2.24, 2.45) is 5.92 Å². The van der Waals surface area contributed by atoms with Gasteiger partial charge >= 0.3 is 0 Å². The van der Waals surface area contributed by atoms with Crippen LogP contribution in [0.2, 0.25) is 0 Å². The maximum atomic E-state index is 9.79. The number of aliphatic hydroxyl groups is 1. The van der Waals surface area contributed by atoms with Crippen LogP contribution >= 0.6 is 0 Å². The third-order valence-corrected chi connectivity index (χ3v) is 2.71. The summed E-state index contributed by atoms with van der Waals surface area (Å²) in [5.41, 5.74) is 0.990. The number of nitrogens with one attached hydrogen (secondary N) is 1. The van der Waals surface area contributed by atoms with Crippen LogP contribution in [0.5, 0.6) is 5.75 Å². The zero-order valence-corrected chi connectivity index (χ0v) is 7.98. The summed E-state index contributed by atoms with van der Waals surface area (Å²) in [7, 11) is 0. The van der Waals surface area contributed by atoms with Crippen LogP contribution < -0.4 is 5.32 Å². The van der Waals surface area contributed by atoms with E-state index in [1.807, 2.05) is 6.07 Å². The first-order valence-corrected chi connectivity index (χ1v) is 4.92. The number of hydrogen-bond acceptors (Lipinski definition) is 3. The molecule has 1 heterocycles. The van der Waals surface area contributed by atoms with Gasteiger partial charge in [0.15, 0.2) is 0 Å².